The molecule has 0 saturated heterocycles. The number of pyridine rings is 2. The molecule has 5 heteroatoms. The van der Waals surface area contributed by atoms with Gasteiger partial charge in [-0.2, -0.15) is 4.39 Å². The lowest BCUT2D eigenvalue weighted by molar-refractivity contribution is 0.397. The molecule has 0 atom stereocenters. The number of nitrogens with zero attached hydrogens (tertiary/aromatic N) is 2. The minimum atomic E-state index is -0.498. The Morgan fingerprint density at radius 3 is 2.82 bits per heavy atom. The maximum atomic E-state index is 12.8. The summed E-state index contributed by atoms with van der Waals surface area (Å²) in [6.45, 7) is 0.572. The van der Waals surface area contributed by atoms with Gasteiger partial charge in [0.15, 0.2) is 0 Å². The van der Waals surface area contributed by atoms with Crippen molar-refractivity contribution < 1.29 is 9.13 Å². The molecule has 0 fully saturated rings. The highest BCUT2D eigenvalue weighted by molar-refractivity contribution is 5.42. The van der Waals surface area contributed by atoms with Crippen molar-refractivity contribution in [1.82, 2.24) is 9.97 Å². The van der Waals surface area contributed by atoms with Crippen molar-refractivity contribution in [2.75, 3.05) is 12.4 Å². The molecule has 0 amide bonds. The molecule has 0 spiro atoms. The molecular formula is C12H12FN3O. The zero-order valence-corrected chi connectivity index (χ0v) is 9.35. The van der Waals surface area contributed by atoms with E-state index in [0.29, 0.717) is 18.1 Å². The van der Waals surface area contributed by atoms with Crippen molar-refractivity contribution in [2.45, 2.75) is 6.54 Å². The molecule has 17 heavy (non-hydrogen) atoms. The molecule has 0 aromatic carbocycles. The molecule has 2 aromatic rings. The second-order valence-electron chi connectivity index (χ2n) is 3.43. The predicted octanol–water partition coefficient (Wildman–Crippen LogP) is 2.24. The fraction of sp³-hybridized carbons (Fsp3) is 0.167. The molecule has 2 rings (SSSR count). The standard InChI is InChI=1S/C12H12FN3O/c1-17-12-6-9(2-4-15-12)8-16-10-3-5-14-11(13)7-10/h2-7H,8H2,1H3,(H,14,16). The molecule has 0 saturated carbocycles. The van der Waals surface area contributed by atoms with Gasteiger partial charge in [0, 0.05) is 36.8 Å². The first kappa shape index (κ1) is 11.3. The van der Waals surface area contributed by atoms with Gasteiger partial charge in [0.25, 0.3) is 0 Å². The highest BCUT2D eigenvalue weighted by atomic mass is 19.1. The largest absolute Gasteiger partial charge is 0.481 e. The molecule has 0 radical (unpaired) electrons. The summed E-state index contributed by atoms with van der Waals surface area (Å²) in [5, 5.41) is 3.09. The lowest BCUT2D eigenvalue weighted by atomic mass is 10.2. The number of aromatic nitrogens is 2. The topological polar surface area (TPSA) is 47.0 Å². The van der Waals surface area contributed by atoms with Gasteiger partial charge in [-0.25, -0.2) is 9.97 Å². The Labute approximate surface area is 98.5 Å². The molecule has 0 aliphatic rings. The molecular weight excluding hydrogens is 221 g/mol. The van der Waals surface area contributed by atoms with Gasteiger partial charge >= 0.3 is 0 Å². The third-order valence-electron chi connectivity index (χ3n) is 2.23. The van der Waals surface area contributed by atoms with Gasteiger partial charge in [0.2, 0.25) is 11.8 Å². The van der Waals surface area contributed by atoms with Gasteiger partial charge in [-0.1, -0.05) is 0 Å². The van der Waals surface area contributed by atoms with Crippen molar-refractivity contribution in [3.8, 4) is 5.88 Å². The van der Waals surface area contributed by atoms with Crippen LogP contribution in [0.15, 0.2) is 36.7 Å². The van der Waals surface area contributed by atoms with Crippen molar-refractivity contribution in [3.63, 3.8) is 0 Å². The van der Waals surface area contributed by atoms with E-state index < -0.39 is 5.95 Å². The number of nitrogens with one attached hydrogen (secondary N) is 1. The maximum absolute atomic E-state index is 12.8. The zero-order valence-electron chi connectivity index (χ0n) is 9.35. The number of rotatable bonds is 4. The van der Waals surface area contributed by atoms with Crippen LogP contribution in [0.5, 0.6) is 5.88 Å². The fourth-order valence-electron chi connectivity index (χ4n) is 1.39. The Balaban J connectivity index is 2.02. The van der Waals surface area contributed by atoms with Crippen LogP contribution in [0, 0.1) is 5.95 Å². The molecule has 1 N–H and O–H groups in total. The molecule has 4 nitrogen and oxygen atoms in total. The van der Waals surface area contributed by atoms with Crippen LogP contribution in [0.1, 0.15) is 5.56 Å². The van der Waals surface area contributed by atoms with E-state index in [1.54, 1.807) is 19.4 Å². The lowest BCUT2D eigenvalue weighted by Gasteiger charge is -2.07. The lowest BCUT2D eigenvalue weighted by Crippen LogP contribution is -2.01. The van der Waals surface area contributed by atoms with Gasteiger partial charge in [-0.15, -0.1) is 0 Å². The van der Waals surface area contributed by atoms with E-state index in [-0.39, 0.29) is 0 Å². The first-order chi connectivity index (χ1) is 8.28. The van der Waals surface area contributed by atoms with Crippen molar-refractivity contribution >= 4 is 5.69 Å². The molecule has 2 aromatic heterocycles. The van der Waals surface area contributed by atoms with Crippen molar-refractivity contribution in [3.05, 3.63) is 48.2 Å². The highest BCUT2D eigenvalue weighted by Gasteiger charge is 1.98. The van der Waals surface area contributed by atoms with E-state index >= 15 is 0 Å². The average molecular weight is 233 g/mol. The summed E-state index contributed by atoms with van der Waals surface area (Å²) < 4.78 is 17.8. The summed E-state index contributed by atoms with van der Waals surface area (Å²) in [6.07, 6.45) is 3.09. The van der Waals surface area contributed by atoms with Gasteiger partial charge in [0.05, 0.1) is 7.11 Å². The first-order valence-electron chi connectivity index (χ1n) is 5.12. The Hall–Kier alpha value is -2.17. The van der Waals surface area contributed by atoms with Crippen molar-refractivity contribution in [2.24, 2.45) is 0 Å². The Kier molecular flexibility index (Phi) is 3.49. The monoisotopic (exact) mass is 233 g/mol. The Bertz CT molecular complexity index is 505. The molecule has 0 aliphatic heterocycles. The van der Waals surface area contributed by atoms with E-state index in [9.17, 15) is 4.39 Å². The van der Waals surface area contributed by atoms with Crippen LogP contribution >= 0.6 is 0 Å². The van der Waals surface area contributed by atoms with Gasteiger partial charge in [0.1, 0.15) is 0 Å². The van der Waals surface area contributed by atoms with Gasteiger partial charge in [-0.05, 0) is 17.7 Å². The summed E-state index contributed by atoms with van der Waals surface area (Å²) >= 11 is 0. The van der Waals surface area contributed by atoms with E-state index in [2.05, 4.69) is 15.3 Å². The van der Waals surface area contributed by atoms with Crippen molar-refractivity contribution in [1.29, 1.82) is 0 Å². The number of anilines is 1. The van der Waals surface area contributed by atoms with Crippen LogP contribution < -0.4 is 10.1 Å². The van der Waals surface area contributed by atoms with Crippen LogP contribution in [0.2, 0.25) is 0 Å². The number of ether oxygens (including phenoxy) is 1. The second kappa shape index (κ2) is 5.25. The number of hydrogen-bond acceptors (Lipinski definition) is 4. The zero-order chi connectivity index (χ0) is 12.1. The molecule has 2 heterocycles. The minimum absolute atomic E-state index is 0.498. The summed E-state index contributed by atoms with van der Waals surface area (Å²) in [7, 11) is 1.57. The third kappa shape index (κ3) is 3.14. The SMILES string of the molecule is COc1cc(CNc2ccnc(F)c2)ccn1. The van der Waals surface area contributed by atoms with Crippen LogP contribution in [0.4, 0.5) is 10.1 Å². The van der Waals surface area contributed by atoms with Crippen LogP contribution in [0.3, 0.4) is 0 Å². The van der Waals surface area contributed by atoms with Crippen LogP contribution in [-0.4, -0.2) is 17.1 Å². The fourth-order valence-corrected chi connectivity index (χ4v) is 1.39. The maximum Gasteiger partial charge on any atom is 0.214 e. The number of methoxy groups -OCH3 is 1. The summed E-state index contributed by atoms with van der Waals surface area (Å²) in [5.41, 5.74) is 1.70. The molecule has 88 valence electrons. The first-order valence-corrected chi connectivity index (χ1v) is 5.12. The molecule has 0 aliphatic carbocycles. The van der Waals surface area contributed by atoms with E-state index in [1.165, 1.54) is 12.3 Å². The minimum Gasteiger partial charge on any atom is -0.481 e. The summed E-state index contributed by atoms with van der Waals surface area (Å²) in [4.78, 5) is 7.49. The smallest absolute Gasteiger partial charge is 0.214 e. The van der Waals surface area contributed by atoms with Crippen LogP contribution in [0.25, 0.3) is 0 Å². The third-order valence-corrected chi connectivity index (χ3v) is 2.23. The predicted molar refractivity (Wildman–Crippen MR) is 62.3 cm³/mol. The number of halogens is 1. The Morgan fingerprint density at radius 1 is 1.24 bits per heavy atom. The highest BCUT2D eigenvalue weighted by Crippen LogP contribution is 2.12. The quantitative estimate of drug-likeness (QED) is 0.823. The summed E-state index contributed by atoms with van der Waals surface area (Å²) in [6, 6.07) is 6.75. The van der Waals surface area contributed by atoms with Crippen LogP contribution in [-0.2, 0) is 6.54 Å². The van der Waals surface area contributed by atoms with Gasteiger partial charge in [-0.3, -0.25) is 0 Å². The second-order valence-corrected chi connectivity index (χ2v) is 3.43. The van der Waals surface area contributed by atoms with E-state index in [1.807, 2.05) is 12.1 Å². The molecule has 0 bridgehead atoms. The van der Waals surface area contributed by atoms with E-state index in [4.69, 9.17) is 4.74 Å². The normalized spacial score (nSPS) is 10.0. The summed E-state index contributed by atoms with van der Waals surface area (Å²) in [5.74, 6) is 0.0625. The van der Waals surface area contributed by atoms with E-state index in [0.717, 1.165) is 5.56 Å². The number of hydrogen-bond donors (Lipinski definition) is 1. The van der Waals surface area contributed by atoms with Gasteiger partial charge < -0.3 is 10.1 Å². The molecule has 0 unspecified atom stereocenters. The Morgan fingerprint density at radius 2 is 2.06 bits per heavy atom. The average Bonchev–Trinajstić information content (AvgIpc) is 2.37.